The summed E-state index contributed by atoms with van der Waals surface area (Å²) in [5.41, 5.74) is 1.26. The molecule has 0 aromatic heterocycles. The maximum Gasteiger partial charge on any atom is 0.115 e. The van der Waals surface area contributed by atoms with Crippen LogP contribution in [0.1, 0.15) is 25.3 Å². The number of aromatic hydroxyl groups is 1. The summed E-state index contributed by atoms with van der Waals surface area (Å²) in [5.74, 6) is 1.01. The van der Waals surface area contributed by atoms with Crippen LogP contribution in [0.2, 0.25) is 0 Å². The second-order valence-corrected chi connectivity index (χ2v) is 5.65. The second-order valence-electron chi connectivity index (χ2n) is 4.96. The Morgan fingerprint density at radius 2 is 1.88 bits per heavy atom. The van der Waals surface area contributed by atoms with E-state index in [0.717, 1.165) is 19.6 Å². The van der Waals surface area contributed by atoms with E-state index in [-0.39, 0.29) is 0 Å². The van der Waals surface area contributed by atoms with Crippen molar-refractivity contribution in [3.05, 3.63) is 29.8 Å². The first-order chi connectivity index (χ1) is 8.15. The first-order valence-corrected chi connectivity index (χ1v) is 6.73. The molecule has 0 radical (unpaired) electrons. The van der Waals surface area contributed by atoms with E-state index in [2.05, 4.69) is 11.8 Å². The minimum absolute atomic E-state index is 0.297. The van der Waals surface area contributed by atoms with Crippen molar-refractivity contribution in [2.45, 2.75) is 31.7 Å². The van der Waals surface area contributed by atoms with Crippen LogP contribution in [0.4, 0.5) is 0 Å². The molecule has 1 aromatic rings. The first-order valence-electron chi connectivity index (χ1n) is 6.29. The molecule has 1 aliphatic rings. The molecule has 1 unspecified atom stereocenters. The Bertz CT molecular complexity index is 342. The van der Waals surface area contributed by atoms with Crippen molar-refractivity contribution < 1.29 is 5.11 Å². The number of alkyl halides is 1. The number of phenolic OH excluding ortho intramolecular Hbond substituents is 1. The summed E-state index contributed by atoms with van der Waals surface area (Å²) >= 11 is 6.14. The van der Waals surface area contributed by atoms with Crippen LogP contribution in [-0.2, 0) is 6.54 Å². The molecule has 1 heterocycles. The highest BCUT2D eigenvalue weighted by atomic mass is 35.5. The molecule has 1 aliphatic heterocycles. The largest absolute Gasteiger partial charge is 0.508 e. The summed E-state index contributed by atoms with van der Waals surface area (Å²) in [6.07, 6.45) is 2.39. The third kappa shape index (κ3) is 3.62. The van der Waals surface area contributed by atoms with Gasteiger partial charge in [-0.25, -0.2) is 0 Å². The Morgan fingerprint density at radius 3 is 2.41 bits per heavy atom. The van der Waals surface area contributed by atoms with Crippen LogP contribution in [0.3, 0.4) is 0 Å². The summed E-state index contributed by atoms with van der Waals surface area (Å²) in [6.45, 7) is 5.33. The van der Waals surface area contributed by atoms with Crippen LogP contribution in [0.25, 0.3) is 0 Å². The molecule has 3 heteroatoms. The standard InChI is InChI=1S/C14H20ClNO/c1-11(15)13-6-8-16(9-7-13)10-12-2-4-14(17)5-3-12/h2-5,11,13,17H,6-10H2,1H3. The Kier molecular flexibility index (Phi) is 4.30. The molecule has 1 saturated heterocycles. The van der Waals surface area contributed by atoms with Gasteiger partial charge in [0.15, 0.2) is 0 Å². The molecule has 17 heavy (non-hydrogen) atoms. The summed E-state index contributed by atoms with van der Waals surface area (Å²) in [7, 11) is 0. The van der Waals surface area contributed by atoms with E-state index >= 15 is 0 Å². The summed E-state index contributed by atoms with van der Waals surface area (Å²) in [6, 6.07) is 7.49. The second kappa shape index (κ2) is 5.74. The van der Waals surface area contributed by atoms with E-state index in [1.165, 1.54) is 18.4 Å². The van der Waals surface area contributed by atoms with Crippen molar-refractivity contribution in [2.75, 3.05) is 13.1 Å². The minimum Gasteiger partial charge on any atom is -0.508 e. The number of phenols is 1. The van der Waals surface area contributed by atoms with Gasteiger partial charge in [0.2, 0.25) is 0 Å². The Morgan fingerprint density at radius 1 is 1.29 bits per heavy atom. The fourth-order valence-corrected chi connectivity index (χ4v) is 2.68. The van der Waals surface area contributed by atoms with Crippen LogP contribution in [-0.4, -0.2) is 28.5 Å². The van der Waals surface area contributed by atoms with Crippen LogP contribution < -0.4 is 0 Å². The fourth-order valence-electron chi connectivity index (χ4n) is 2.43. The van der Waals surface area contributed by atoms with Gasteiger partial charge < -0.3 is 5.11 Å². The molecule has 0 aliphatic carbocycles. The summed E-state index contributed by atoms with van der Waals surface area (Å²) < 4.78 is 0. The summed E-state index contributed by atoms with van der Waals surface area (Å²) in [4.78, 5) is 2.46. The number of likely N-dealkylation sites (tertiary alicyclic amines) is 1. The van der Waals surface area contributed by atoms with Gasteiger partial charge in [-0.1, -0.05) is 12.1 Å². The molecule has 1 fully saturated rings. The highest BCUT2D eigenvalue weighted by molar-refractivity contribution is 6.20. The summed E-state index contributed by atoms with van der Waals surface area (Å²) in [5, 5.41) is 9.53. The normalized spacial score (nSPS) is 20.4. The van der Waals surface area contributed by atoms with Crippen molar-refractivity contribution >= 4 is 11.6 Å². The number of nitrogens with zero attached hydrogens (tertiary/aromatic N) is 1. The van der Waals surface area contributed by atoms with Crippen molar-refractivity contribution in [3.63, 3.8) is 0 Å². The fraction of sp³-hybridized carbons (Fsp3) is 0.571. The molecular formula is C14H20ClNO. The Balaban J connectivity index is 1.84. The zero-order valence-corrected chi connectivity index (χ0v) is 11.0. The lowest BCUT2D eigenvalue weighted by Gasteiger charge is -2.33. The molecule has 94 valence electrons. The third-order valence-electron chi connectivity index (χ3n) is 3.62. The maximum atomic E-state index is 9.23. The molecule has 0 saturated carbocycles. The molecular weight excluding hydrogens is 234 g/mol. The average Bonchev–Trinajstić information content (AvgIpc) is 2.33. The predicted octanol–water partition coefficient (Wildman–Crippen LogP) is 3.23. The number of hydrogen-bond donors (Lipinski definition) is 1. The highest BCUT2D eigenvalue weighted by Gasteiger charge is 2.22. The number of rotatable bonds is 3. The Hall–Kier alpha value is -0.730. The van der Waals surface area contributed by atoms with Gasteiger partial charge in [0.05, 0.1) is 0 Å². The van der Waals surface area contributed by atoms with E-state index in [9.17, 15) is 5.11 Å². The van der Waals surface area contributed by atoms with Gasteiger partial charge in [-0.15, -0.1) is 11.6 Å². The lowest BCUT2D eigenvalue weighted by Crippen LogP contribution is -2.35. The van der Waals surface area contributed by atoms with E-state index in [0.29, 0.717) is 17.0 Å². The van der Waals surface area contributed by atoms with Crippen LogP contribution in [0, 0.1) is 5.92 Å². The van der Waals surface area contributed by atoms with Gasteiger partial charge in [0, 0.05) is 11.9 Å². The van der Waals surface area contributed by atoms with Crippen molar-refractivity contribution in [1.29, 1.82) is 0 Å². The molecule has 1 N–H and O–H groups in total. The molecule has 0 spiro atoms. The van der Waals surface area contributed by atoms with E-state index in [1.807, 2.05) is 12.1 Å². The van der Waals surface area contributed by atoms with Gasteiger partial charge in [0.25, 0.3) is 0 Å². The average molecular weight is 254 g/mol. The molecule has 0 bridgehead atoms. The smallest absolute Gasteiger partial charge is 0.115 e. The molecule has 2 rings (SSSR count). The maximum absolute atomic E-state index is 9.23. The van der Waals surface area contributed by atoms with E-state index in [4.69, 9.17) is 11.6 Å². The third-order valence-corrected chi connectivity index (χ3v) is 3.98. The number of benzene rings is 1. The molecule has 0 amide bonds. The van der Waals surface area contributed by atoms with Gasteiger partial charge in [-0.2, -0.15) is 0 Å². The van der Waals surface area contributed by atoms with Crippen molar-refractivity contribution in [3.8, 4) is 5.75 Å². The molecule has 1 aromatic carbocycles. The lowest BCUT2D eigenvalue weighted by atomic mass is 9.94. The van der Waals surface area contributed by atoms with E-state index in [1.54, 1.807) is 12.1 Å². The minimum atomic E-state index is 0.297. The van der Waals surface area contributed by atoms with Crippen molar-refractivity contribution in [1.82, 2.24) is 4.90 Å². The number of hydrogen-bond acceptors (Lipinski definition) is 2. The van der Waals surface area contributed by atoms with Crippen LogP contribution in [0.5, 0.6) is 5.75 Å². The SMILES string of the molecule is CC(Cl)C1CCN(Cc2ccc(O)cc2)CC1. The van der Waals surface area contributed by atoms with Gasteiger partial charge in [-0.05, 0) is 56.5 Å². The number of halogens is 1. The topological polar surface area (TPSA) is 23.5 Å². The predicted molar refractivity (Wildman–Crippen MR) is 71.4 cm³/mol. The van der Waals surface area contributed by atoms with Crippen LogP contribution in [0.15, 0.2) is 24.3 Å². The number of piperidine rings is 1. The Labute approximate surface area is 108 Å². The van der Waals surface area contributed by atoms with E-state index < -0.39 is 0 Å². The van der Waals surface area contributed by atoms with Gasteiger partial charge >= 0.3 is 0 Å². The van der Waals surface area contributed by atoms with Gasteiger partial charge in [-0.3, -0.25) is 4.90 Å². The first kappa shape index (κ1) is 12.7. The molecule has 2 nitrogen and oxygen atoms in total. The van der Waals surface area contributed by atoms with Crippen molar-refractivity contribution in [2.24, 2.45) is 5.92 Å². The lowest BCUT2D eigenvalue weighted by molar-refractivity contribution is 0.176. The van der Waals surface area contributed by atoms with Gasteiger partial charge in [0.1, 0.15) is 5.75 Å². The highest BCUT2D eigenvalue weighted by Crippen LogP contribution is 2.24. The zero-order valence-electron chi connectivity index (χ0n) is 10.3. The molecule has 1 atom stereocenters. The zero-order chi connectivity index (χ0) is 12.3. The van der Waals surface area contributed by atoms with Crippen LogP contribution >= 0.6 is 11.6 Å². The quantitative estimate of drug-likeness (QED) is 0.836. The monoisotopic (exact) mass is 253 g/mol.